The fourth-order valence-electron chi connectivity index (χ4n) is 3.77. The zero-order valence-corrected chi connectivity index (χ0v) is 18.8. The van der Waals surface area contributed by atoms with Crippen LogP contribution in [0.3, 0.4) is 0 Å². The quantitative estimate of drug-likeness (QED) is 0.488. The van der Waals surface area contributed by atoms with Crippen LogP contribution in [0, 0.1) is 0 Å². The molecule has 0 spiro atoms. The maximum Gasteiger partial charge on any atom is 0.338 e. The first kappa shape index (κ1) is 22.8. The van der Waals surface area contributed by atoms with Gasteiger partial charge in [-0.3, -0.25) is 0 Å². The van der Waals surface area contributed by atoms with Gasteiger partial charge in [-0.2, -0.15) is 0 Å². The summed E-state index contributed by atoms with van der Waals surface area (Å²) in [6, 6.07) is 18.2. The van der Waals surface area contributed by atoms with Crippen molar-refractivity contribution in [1.82, 2.24) is 4.90 Å². The van der Waals surface area contributed by atoms with Crippen LogP contribution in [0.4, 0.5) is 10.5 Å². The van der Waals surface area contributed by atoms with Gasteiger partial charge in [-0.25, -0.2) is 14.4 Å². The molecule has 174 valence electrons. The Labute approximate surface area is 196 Å². The predicted molar refractivity (Wildman–Crippen MR) is 125 cm³/mol. The summed E-state index contributed by atoms with van der Waals surface area (Å²) in [7, 11) is 1.59. The van der Waals surface area contributed by atoms with E-state index in [1.165, 1.54) is 12.1 Å². The van der Waals surface area contributed by atoms with Crippen molar-refractivity contribution >= 4 is 23.7 Å². The van der Waals surface area contributed by atoms with Crippen molar-refractivity contribution in [1.29, 1.82) is 0 Å². The molecule has 3 aromatic rings. The molecule has 0 aromatic heterocycles. The molecule has 2 N–H and O–H groups in total. The molecule has 1 atom stereocenters. The molecule has 2 amide bonds. The van der Waals surface area contributed by atoms with Crippen LogP contribution >= 0.6 is 0 Å². The molecular weight excluding hydrogens is 436 g/mol. The van der Waals surface area contributed by atoms with Gasteiger partial charge in [0.25, 0.3) is 0 Å². The Hall–Kier alpha value is -4.33. The number of carboxylic acid groups (broad SMARTS) is 1. The van der Waals surface area contributed by atoms with Crippen molar-refractivity contribution in [2.45, 2.75) is 26.1 Å². The molecular formula is C26H24N2O6. The second-order valence-electron chi connectivity index (χ2n) is 7.96. The molecule has 0 aliphatic carbocycles. The minimum absolute atomic E-state index is 0.131. The zero-order chi connectivity index (χ0) is 24.2. The van der Waals surface area contributed by atoms with E-state index in [1.807, 2.05) is 19.1 Å². The lowest BCUT2D eigenvalue weighted by molar-refractivity contribution is 0.0472. The summed E-state index contributed by atoms with van der Waals surface area (Å²) < 4.78 is 10.6. The molecule has 1 unspecified atom stereocenters. The van der Waals surface area contributed by atoms with E-state index in [1.54, 1.807) is 54.5 Å². The fourth-order valence-corrected chi connectivity index (χ4v) is 3.77. The lowest BCUT2D eigenvalue weighted by atomic mass is 10.0. The van der Waals surface area contributed by atoms with Crippen LogP contribution in [0.1, 0.15) is 50.4 Å². The first-order valence-corrected chi connectivity index (χ1v) is 10.7. The smallest absolute Gasteiger partial charge is 0.338 e. The van der Waals surface area contributed by atoms with E-state index in [0.717, 1.165) is 22.4 Å². The molecule has 1 aliphatic rings. The number of amides is 2. The lowest BCUT2D eigenvalue weighted by Gasteiger charge is -2.34. The Morgan fingerprint density at radius 2 is 1.71 bits per heavy atom. The first-order chi connectivity index (χ1) is 16.4. The molecule has 0 saturated carbocycles. The van der Waals surface area contributed by atoms with E-state index in [0.29, 0.717) is 17.8 Å². The number of anilines is 1. The SMILES string of the molecule is COc1ccc(COC(=O)c2ccc3c(c2)CN(C(C)c2ccc(C(=O)O)cc2)C(=O)N3)cc1. The van der Waals surface area contributed by atoms with Crippen molar-refractivity contribution in [2.24, 2.45) is 0 Å². The highest BCUT2D eigenvalue weighted by molar-refractivity contribution is 5.95. The number of ether oxygens (including phenoxy) is 2. The number of aromatic carboxylic acids is 1. The third kappa shape index (κ3) is 4.85. The van der Waals surface area contributed by atoms with Gasteiger partial charge in [0.2, 0.25) is 0 Å². The van der Waals surface area contributed by atoms with E-state index in [4.69, 9.17) is 14.6 Å². The second-order valence-corrected chi connectivity index (χ2v) is 7.96. The standard InChI is InChI=1S/C26H24N2O6/c1-16(18-5-7-19(8-6-18)24(29)30)28-14-21-13-20(9-12-23(21)27-26(28)32)25(31)34-15-17-3-10-22(33-2)11-4-17/h3-13,16H,14-15H2,1-2H3,(H,27,32)(H,29,30). The van der Waals surface area contributed by atoms with Gasteiger partial charge in [-0.1, -0.05) is 24.3 Å². The summed E-state index contributed by atoms with van der Waals surface area (Å²) in [4.78, 5) is 38.0. The molecule has 0 saturated heterocycles. The van der Waals surface area contributed by atoms with Crippen LogP contribution < -0.4 is 10.1 Å². The summed E-state index contributed by atoms with van der Waals surface area (Å²) in [5.74, 6) is -0.738. The molecule has 4 rings (SSSR count). The third-order valence-electron chi connectivity index (χ3n) is 5.82. The molecule has 1 aliphatic heterocycles. The minimum atomic E-state index is -1.00. The molecule has 0 fully saturated rings. The van der Waals surface area contributed by atoms with Crippen molar-refractivity contribution in [3.63, 3.8) is 0 Å². The Kier molecular flexibility index (Phi) is 6.49. The predicted octanol–water partition coefficient (Wildman–Crippen LogP) is 4.86. The summed E-state index contributed by atoms with van der Waals surface area (Å²) in [6.07, 6.45) is 0. The molecule has 0 radical (unpaired) electrons. The summed E-state index contributed by atoms with van der Waals surface area (Å²) in [6.45, 7) is 2.29. The molecule has 8 heteroatoms. The topological polar surface area (TPSA) is 105 Å². The number of carboxylic acids is 1. The van der Waals surface area contributed by atoms with Gasteiger partial charge >= 0.3 is 18.0 Å². The number of hydrogen-bond acceptors (Lipinski definition) is 5. The highest BCUT2D eigenvalue weighted by Gasteiger charge is 2.28. The molecule has 8 nitrogen and oxygen atoms in total. The van der Waals surface area contributed by atoms with Gasteiger partial charge in [0.1, 0.15) is 12.4 Å². The number of fused-ring (bicyclic) bond motifs is 1. The fraction of sp³-hybridized carbons (Fsp3) is 0.192. The van der Waals surface area contributed by atoms with Crippen LogP contribution in [0.5, 0.6) is 5.75 Å². The van der Waals surface area contributed by atoms with E-state index in [2.05, 4.69) is 5.32 Å². The average molecular weight is 460 g/mol. The van der Waals surface area contributed by atoms with Gasteiger partial charge in [0, 0.05) is 5.69 Å². The van der Waals surface area contributed by atoms with Crippen LogP contribution in [0.15, 0.2) is 66.7 Å². The maximum atomic E-state index is 12.7. The monoisotopic (exact) mass is 460 g/mol. The van der Waals surface area contributed by atoms with Crippen molar-refractivity contribution in [3.05, 3.63) is 94.5 Å². The van der Waals surface area contributed by atoms with Crippen molar-refractivity contribution in [3.8, 4) is 5.75 Å². The summed E-state index contributed by atoms with van der Waals surface area (Å²) in [5.41, 5.74) is 3.64. The van der Waals surface area contributed by atoms with Gasteiger partial charge < -0.3 is 24.8 Å². The second kappa shape index (κ2) is 9.66. The largest absolute Gasteiger partial charge is 0.497 e. The van der Waals surface area contributed by atoms with Crippen LogP contribution in [-0.4, -0.2) is 35.1 Å². The van der Waals surface area contributed by atoms with Crippen LogP contribution in [0.25, 0.3) is 0 Å². The van der Waals surface area contributed by atoms with E-state index in [9.17, 15) is 14.4 Å². The first-order valence-electron chi connectivity index (χ1n) is 10.7. The van der Waals surface area contributed by atoms with E-state index >= 15 is 0 Å². The molecule has 3 aromatic carbocycles. The normalized spacial score (nSPS) is 13.5. The van der Waals surface area contributed by atoms with Gasteiger partial charge in [0.15, 0.2) is 0 Å². The Balaban J connectivity index is 1.46. The zero-order valence-electron chi connectivity index (χ0n) is 18.8. The van der Waals surface area contributed by atoms with Crippen LogP contribution in [-0.2, 0) is 17.9 Å². The minimum Gasteiger partial charge on any atom is -0.497 e. The summed E-state index contributed by atoms with van der Waals surface area (Å²) >= 11 is 0. The molecule has 1 heterocycles. The highest BCUT2D eigenvalue weighted by Crippen LogP contribution is 2.31. The van der Waals surface area contributed by atoms with Gasteiger partial charge in [-0.15, -0.1) is 0 Å². The Bertz CT molecular complexity index is 1220. The number of benzene rings is 3. The number of nitrogens with one attached hydrogen (secondary N) is 1. The summed E-state index contributed by atoms with van der Waals surface area (Å²) in [5, 5.41) is 11.9. The average Bonchev–Trinajstić information content (AvgIpc) is 2.86. The van der Waals surface area contributed by atoms with Crippen LogP contribution in [0.2, 0.25) is 0 Å². The number of esters is 1. The Morgan fingerprint density at radius 1 is 1.03 bits per heavy atom. The third-order valence-corrected chi connectivity index (χ3v) is 5.82. The molecule has 34 heavy (non-hydrogen) atoms. The van der Waals surface area contributed by atoms with Gasteiger partial charge in [-0.05, 0) is 66.1 Å². The maximum absolute atomic E-state index is 12.7. The number of carbonyl (C=O) groups is 3. The van der Waals surface area contributed by atoms with E-state index in [-0.39, 0.29) is 24.2 Å². The number of methoxy groups -OCH3 is 1. The highest BCUT2D eigenvalue weighted by atomic mass is 16.5. The number of rotatable bonds is 7. The van der Waals surface area contributed by atoms with Crippen molar-refractivity contribution < 1.29 is 29.0 Å². The lowest BCUT2D eigenvalue weighted by Crippen LogP contribution is -2.40. The van der Waals surface area contributed by atoms with Gasteiger partial charge in [0.05, 0.1) is 30.8 Å². The van der Waals surface area contributed by atoms with E-state index < -0.39 is 11.9 Å². The number of hydrogen-bond donors (Lipinski definition) is 2. The number of nitrogens with zero attached hydrogens (tertiary/aromatic N) is 1. The number of carbonyl (C=O) groups excluding carboxylic acids is 2. The van der Waals surface area contributed by atoms with Crippen molar-refractivity contribution in [2.75, 3.05) is 12.4 Å². The number of urea groups is 1. The molecule has 0 bridgehead atoms. The Morgan fingerprint density at radius 3 is 2.35 bits per heavy atom.